The van der Waals surface area contributed by atoms with Crippen LogP contribution in [0.25, 0.3) is 0 Å². The van der Waals surface area contributed by atoms with E-state index >= 15 is 0 Å². The molecule has 0 bridgehead atoms. The molecule has 86 valence electrons. The molecule has 1 aliphatic heterocycles. The zero-order valence-corrected chi connectivity index (χ0v) is 9.43. The summed E-state index contributed by atoms with van der Waals surface area (Å²) >= 11 is 0. The lowest BCUT2D eigenvalue weighted by atomic mass is 10.0. The maximum absolute atomic E-state index is 11.6. The van der Waals surface area contributed by atoms with Gasteiger partial charge in [0.05, 0.1) is 0 Å². The Labute approximate surface area is 92.0 Å². The van der Waals surface area contributed by atoms with Gasteiger partial charge in [-0.15, -0.1) is 0 Å². The summed E-state index contributed by atoms with van der Waals surface area (Å²) in [6.07, 6.45) is 7.22. The molecule has 2 N–H and O–H groups in total. The zero-order valence-electron chi connectivity index (χ0n) is 9.43. The Morgan fingerprint density at radius 2 is 2.00 bits per heavy atom. The molecule has 1 amide bonds. The van der Waals surface area contributed by atoms with Crippen molar-refractivity contribution in [2.24, 2.45) is 11.8 Å². The van der Waals surface area contributed by atoms with Crippen LogP contribution in [-0.2, 0) is 4.79 Å². The van der Waals surface area contributed by atoms with Gasteiger partial charge in [0.1, 0.15) is 0 Å². The molecule has 0 aromatic rings. The smallest absolute Gasteiger partial charge is 0.220 e. The van der Waals surface area contributed by atoms with E-state index in [-0.39, 0.29) is 5.91 Å². The van der Waals surface area contributed by atoms with E-state index in [0.29, 0.717) is 5.92 Å². The van der Waals surface area contributed by atoms with E-state index in [1.54, 1.807) is 0 Å². The van der Waals surface area contributed by atoms with Crippen molar-refractivity contribution in [1.29, 1.82) is 0 Å². The molecule has 1 heterocycles. The molecule has 1 saturated carbocycles. The highest BCUT2D eigenvalue weighted by atomic mass is 16.1. The first-order valence-electron chi connectivity index (χ1n) is 6.32. The Balaban J connectivity index is 1.59. The number of carbonyl (C=O) groups excluding carboxylic acids is 1. The fourth-order valence-corrected chi connectivity index (χ4v) is 2.70. The molecule has 0 radical (unpaired) electrons. The molecule has 1 aliphatic carbocycles. The van der Waals surface area contributed by atoms with Crippen LogP contribution in [-0.4, -0.2) is 25.5 Å². The van der Waals surface area contributed by atoms with E-state index < -0.39 is 0 Å². The van der Waals surface area contributed by atoms with Gasteiger partial charge in [-0.05, 0) is 44.2 Å². The van der Waals surface area contributed by atoms with Gasteiger partial charge < -0.3 is 10.6 Å². The predicted octanol–water partition coefficient (Wildman–Crippen LogP) is 1.29. The molecular weight excluding hydrogens is 188 g/mol. The fraction of sp³-hybridized carbons (Fsp3) is 0.917. The highest BCUT2D eigenvalue weighted by Gasteiger charge is 2.19. The zero-order chi connectivity index (χ0) is 10.5. The van der Waals surface area contributed by atoms with Crippen LogP contribution in [0.15, 0.2) is 0 Å². The number of amides is 1. The number of hydrogen-bond acceptors (Lipinski definition) is 2. The quantitative estimate of drug-likeness (QED) is 0.734. The van der Waals surface area contributed by atoms with Gasteiger partial charge in [-0.3, -0.25) is 4.79 Å². The molecule has 0 aromatic heterocycles. The van der Waals surface area contributed by atoms with Crippen molar-refractivity contribution in [3.63, 3.8) is 0 Å². The summed E-state index contributed by atoms with van der Waals surface area (Å²) < 4.78 is 0. The van der Waals surface area contributed by atoms with E-state index in [1.165, 1.54) is 25.7 Å². The molecule has 0 aromatic carbocycles. The van der Waals surface area contributed by atoms with Gasteiger partial charge in [-0.1, -0.05) is 12.8 Å². The lowest BCUT2D eigenvalue weighted by molar-refractivity contribution is -0.122. The lowest BCUT2D eigenvalue weighted by Crippen LogP contribution is -2.30. The standard InChI is InChI=1S/C12H22N2O/c15-12(7-11-5-6-13-8-11)14-9-10-3-1-2-4-10/h10-11,13H,1-9H2,(H,14,15). The van der Waals surface area contributed by atoms with Gasteiger partial charge in [0.2, 0.25) is 5.91 Å². The van der Waals surface area contributed by atoms with Crippen molar-refractivity contribution in [2.75, 3.05) is 19.6 Å². The Kier molecular flexibility index (Phi) is 4.01. The van der Waals surface area contributed by atoms with Crippen LogP contribution in [0.5, 0.6) is 0 Å². The Morgan fingerprint density at radius 1 is 1.20 bits per heavy atom. The van der Waals surface area contributed by atoms with Gasteiger partial charge in [-0.2, -0.15) is 0 Å². The summed E-state index contributed by atoms with van der Waals surface area (Å²) in [6.45, 7) is 3.02. The van der Waals surface area contributed by atoms with Crippen LogP contribution >= 0.6 is 0 Å². The van der Waals surface area contributed by atoms with Crippen LogP contribution in [0, 0.1) is 11.8 Å². The highest BCUT2D eigenvalue weighted by molar-refractivity contribution is 5.76. The largest absolute Gasteiger partial charge is 0.356 e. The fourth-order valence-electron chi connectivity index (χ4n) is 2.70. The lowest BCUT2D eigenvalue weighted by Gasteiger charge is -2.12. The second kappa shape index (κ2) is 5.50. The van der Waals surface area contributed by atoms with Gasteiger partial charge in [0.25, 0.3) is 0 Å². The summed E-state index contributed by atoms with van der Waals surface area (Å²) in [5.41, 5.74) is 0. The van der Waals surface area contributed by atoms with E-state index in [1.807, 2.05) is 0 Å². The van der Waals surface area contributed by atoms with Crippen molar-refractivity contribution in [2.45, 2.75) is 38.5 Å². The predicted molar refractivity (Wildman–Crippen MR) is 60.6 cm³/mol. The molecule has 2 fully saturated rings. The molecular formula is C12H22N2O. The molecule has 2 aliphatic rings. The van der Waals surface area contributed by atoms with Crippen LogP contribution in [0.3, 0.4) is 0 Å². The molecule has 1 atom stereocenters. The van der Waals surface area contributed by atoms with Gasteiger partial charge in [-0.25, -0.2) is 0 Å². The molecule has 1 unspecified atom stereocenters. The molecule has 2 rings (SSSR count). The summed E-state index contributed by atoms with van der Waals surface area (Å²) in [4.78, 5) is 11.6. The summed E-state index contributed by atoms with van der Waals surface area (Å²) in [5, 5.41) is 6.38. The van der Waals surface area contributed by atoms with Crippen LogP contribution in [0.4, 0.5) is 0 Å². The minimum absolute atomic E-state index is 0.260. The second-order valence-electron chi connectivity index (χ2n) is 5.02. The minimum atomic E-state index is 0.260. The normalized spacial score (nSPS) is 27.1. The van der Waals surface area contributed by atoms with Crippen molar-refractivity contribution in [3.05, 3.63) is 0 Å². The summed E-state index contributed by atoms with van der Waals surface area (Å²) in [5.74, 6) is 1.60. The van der Waals surface area contributed by atoms with Crippen molar-refractivity contribution >= 4 is 5.91 Å². The third-order valence-electron chi connectivity index (χ3n) is 3.70. The maximum atomic E-state index is 11.6. The number of carbonyl (C=O) groups is 1. The van der Waals surface area contributed by atoms with E-state index in [9.17, 15) is 4.79 Å². The Bertz CT molecular complexity index is 206. The van der Waals surface area contributed by atoms with Gasteiger partial charge in [0.15, 0.2) is 0 Å². The third-order valence-corrected chi connectivity index (χ3v) is 3.70. The van der Waals surface area contributed by atoms with Crippen molar-refractivity contribution in [1.82, 2.24) is 10.6 Å². The third kappa shape index (κ3) is 3.49. The van der Waals surface area contributed by atoms with E-state index in [0.717, 1.165) is 38.4 Å². The minimum Gasteiger partial charge on any atom is -0.356 e. The molecule has 3 nitrogen and oxygen atoms in total. The Morgan fingerprint density at radius 3 is 2.67 bits per heavy atom. The van der Waals surface area contributed by atoms with Gasteiger partial charge >= 0.3 is 0 Å². The van der Waals surface area contributed by atoms with Crippen LogP contribution in [0.1, 0.15) is 38.5 Å². The Hall–Kier alpha value is -0.570. The van der Waals surface area contributed by atoms with E-state index in [4.69, 9.17) is 0 Å². The topological polar surface area (TPSA) is 41.1 Å². The van der Waals surface area contributed by atoms with Crippen LogP contribution < -0.4 is 10.6 Å². The first kappa shape index (κ1) is 10.9. The molecule has 3 heteroatoms. The first-order chi connectivity index (χ1) is 7.34. The SMILES string of the molecule is O=C(CC1CCNC1)NCC1CCCC1. The number of rotatable bonds is 4. The monoisotopic (exact) mass is 210 g/mol. The molecule has 1 saturated heterocycles. The summed E-state index contributed by atoms with van der Waals surface area (Å²) in [6, 6.07) is 0. The maximum Gasteiger partial charge on any atom is 0.220 e. The average molecular weight is 210 g/mol. The molecule has 15 heavy (non-hydrogen) atoms. The second-order valence-corrected chi connectivity index (χ2v) is 5.02. The molecule has 0 spiro atoms. The summed E-state index contributed by atoms with van der Waals surface area (Å²) in [7, 11) is 0. The average Bonchev–Trinajstić information content (AvgIpc) is 2.86. The number of hydrogen-bond donors (Lipinski definition) is 2. The highest BCUT2D eigenvalue weighted by Crippen LogP contribution is 2.23. The van der Waals surface area contributed by atoms with Crippen molar-refractivity contribution < 1.29 is 4.79 Å². The first-order valence-corrected chi connectivity index (χ1v) is 6.32. The van der Waals surface area contributed by atoms with Crippen LogP contribution in [0.2, 0.25) is 0 Å². The van der Waals surface area contributed by atoms with E-state index in [2.05, 4.69) is 10.6 Å². The van der Waals surface area contributed by atoms with Gasteiger partial charge in [0, 0.05) is 13.0 Å². The number of nitrogens with one attached hydrogen (secondary N) is 2. The van der Waals surface area contributed by atoms with Crippen molar-refractivity contribution in [3.8, 4) is 0 Å².